The highest BCUT2D eigenvalue weighted by Gasteiger charge is 2.46. The Labute approximate surface area is 161 Å². The van der Waals surface area contributed by atoms with Gasteiger partial charge in [0.15, 0.2) is 0 Å². The van der Waals surface area contributed by atoms with E-state index in [9.17, 15) is 9.59 Å². The molecule has 3 fully saturated rings. The van der Waals surface area contributed by atoms with Crippen LogP contribution < -0.4 is 0 Å². The number of esters is 2. The van der Waals surface area contributed by atoms with Crippen molar-refractivity contribution in [2.45, 2.75) is 83.3 Å². The molecule has 0 bridgehead atoms. The van der Waals surface area contributed by atoms with E-state index in [1.165, 1.54) is 0 Å². The van der Waals surface area contributed by atoms with Crippen molar-refractivity contribution >= 4 is 11.9 Å². The van der Waals surface area contributed by atoms with Gasteiger partial charge in [0.1, 0.15) is 12.7 Å². The average molecular weight is 377 g/mol. The molecular weight excluding hydrogens is 346 g/mol. The number of nitrogens with zero attached hydrogens (tertiary/aromatic N) is 1. The Balaban J connectivity index is 1.26. The van der Waals surface area contributed by atoms with Gasteiger partial charge in [0.05, 0.1) is 30.1 Å². The van der Waals surface area contributed by atoms with E-state index in [0.29, 0.717) is 13.2 Å². The second kappa shape index (κ2) is 9.05. The van der Waals surface area contributed by atoms with E-state index < -0.39 is 0 Å². The number of carbonyl (C=O) groups excluding carboxylic acids is 2. The van der Waals surface area contributed by atoms with Crippen molar-refractivity contribution < 1.29 is 23.8 Å². The smallest absolute Gasteiger partial charge is 0.311 e. The molecule has 0 unspecified atom stereocenters. The summed E-state index contributed by atoms with van der Waals surface area (Å²) < 4.78 is 16.7. The summed E-state index contributed by atoms with van der Waals surface area (Å²) >= 11 is 0. The van der Waals surface area contributed by atoms with Crippen molar-refractivity contribution in [1.82, 2.24) is 0 Å². The second-order valence-corrected chi connectivity index (χ2v) is 8.58. The van der Waals surface area contributed by atoms with E-state index in [2.05, 4.69) is 6.07 Å². The third-order valence-corrected chi connectivity index (χ3v) is 6.31. The number of ether oxygens (including phenoxy) is 3. The normalized spacial score (nSPS) is 32.1. The Kier molecular flexibility index (Phi) is 6.75. The van der Waals surface area contributed by atoms with Crippen molar-refractivity contribution in [3.8, 4) is 6.07 Å². The van der Waals surface area contributed by atoms with Crippen molar-refractivity contribution in [2.75, 3.05) is 13.2 Å². The molecule has 150 valence electrons. The van der Waals surface area contributed by atoms with E-state index in [0.717, 1.165) is 64.2 Å². The molecule has 0 aromatic heterocycles. The first-order chi connectivity index (χ1) is 13.0. The molecule has 0 N–H and O–H groups in total. The molecular formula is C21H31NO5. The minimum absolute atomic E-state index is 0.0147. The molecule has 3 aliphatic carbocycles. The van der Waals surface area contributed by atoms with Crippen molar-refractivity contribution in [3.05, 3.63) is 0 Å². The topological polar surface area (TPSA) is 85.6 Å². The maximum Gasteiger partial charge on any atom is 0.311 e. The van der Waals surface area contributed by atoms with Gasteiger partial charge < -0.3 is 14.2 Å². The van der Waals surface area contributed by atoms with Crippen LogP contribution >= 0.6 is 0 Å². The third-order valence-electron chi connectivity index (χ3n) is 6.31. The quantitative estimate of drug-likeness (QED) is 0.498. The zero-order valence-electron chi connectivity index (χ0n) is 16.3. The molecule has 0 heterocycles. The molecule has 0 aromatic rings. The highest BCUT2D eigenvalue weighted by Crippen LogP contribution is 2.45. The van der Waals surface area contributed by atoms with E-state index >= 15 is 0 Å². The van der Waals surface area contributed by atoms with E-state index in [1.54, 1.807) is 0 Å². The second-order valence-electron chi connectivity index (χ2n) is 8.58. The fourth-order valence-corrected chi connectivity index (χ4v) is 3.95. The first kappa shape index (κ1) is 20.1. The summed E-state index contributed by atoms with van der Waals surface area (Å²) in [5, 5.41) is 8.94. The van der Waals surface area contributed by atoms with Crippen LogP contribution in [0.4, 0.5) is 0 Å². The fourth-order valence-electron chi connectivity index (χ4n) is 3.95. The van der Waals surface area contributed by atoms with Gasteiger partial charge in [-0.05, 0) is 71.1 Å². The number of hydrogen-bond acceptors (Lipinski definition) is 6. The van der Waals surface area contributed by atoms with Gasteiger partial charge in [-0.1, -0.05) is 0 Å². The van der Waals surface area contributed by atoms with Crippen LogP contribution in [0.1, 0.15) is 71.1 Å². The van der Waals surface area contributed by atoms with Gasteiger partial charge in [0.2, 0.25) is 0 Å². The molecule has 0 amide bonds. The number of nitriles is 1. The van der Waals surface area contributed by atoms with Gasteiger partial charge in [-0.25, -0.2) is 0 Å². The third kappa shape index (κ3) is 5.68. The highest BCUT2D eigenvalue weighted by atomic mass is 16.6. The highest BCUT2D eigenvalue weighted by molar-refractivity contribution is 5.79. The van der Waals surface area contributed by atoms with Crippen LogP contribution in [0.25, 0.3) is 0 Å². The number of rotatable bonds is 7. The predicted octanol–water partition coefficient (Wildman–Crippen LogP) is 3.53. The van der Waals surface area contributed by atoms with Crippen LogP contribution in [0.15, 0.2) is 0 Å². The number of hydrogen-bond donors (Lipinski definition) is 0. The Morgan fingerprint density at radius 2 is 1.59 bits per heavy atom. The van der Waals surface area contributed by atoms with Gasteiger partial charge in [-0.2, -0.15) is 5.26 Å². The fraction of sp³-hybridized carbons (Fsp3) is 0.857. The lowest BCUT2D eigenvalue weighted by atomic mass is 9.86. The summed E-state index contributed by atoms with van der Waals surface area (Å²) in [6.45, 7) is 2.66. The molecule has 6 nitrogen and oxygen atoms in total. The molecule has 3 aliphatic rings. The molecule has 0 aromatic carbocycles. The van der Waals surface area contributed by atoms with Crippen LogP contribution in [-0.2, 0) is 23.8 Å². The summed E-state index contributed by atoms with van der Waals surface area (Å²) in [5.41, 5.74) is -0.244. The van der Waals surface area contributed by atoms with Crippen molar-refractivity contribution in [2.24, 2.45) is 17.3 Å². The lowest BCUT2D eigenvalue weighted by Crippen LogP contribution is -2.32. The summed E-state index contributed by atoms with van der Waals surface area (Å²) in [4.78, 5) is 24.1. The molecule has 0 spiro atoms. The van der Waals surface area contributed by atoms with E-state index in [-0.39, 0.29) is 41.4 Å². The van der Waals surface area contributed by atoms with Gasteiger partial charge >= 0.3 is 11.9 Å². The maximum atomic E-state index is 12.4. The van der Waals surface area contributed by atoms with Gasteiger partial charge in [-0.3, -0.25) is 9.59 Å². The standard InChI is InChI=1S/C21H31NO5/c1-21(10-11-21)20(24)26-13-12-25-17-8-4-16(5-9-17)19(23)27-18-6-2-15(14-22)3-7-18/h15-18H,2-13H2,1H3. The summed E-state index contributed by atoms with van der Waals surface area (Å²) in [7, 11) is 0. The largest absolute Gasteiger partial charge is 0.463 e. The average Bonchev–Trinajstić information content (AvgIpc) is 3.45. The van der Waals surface area contributed by atoms with Crippen molar-refractivity contribution in [3.63, 3.8) is 0 Å². The van der Waals surface area contributed by atoms with Crippen LogP contribution in [-0.4, -0.2) is 37.4 Å². The van der Waals surface area contributed by atoms with E-state index in [4.69, 9.17) is 19.5 Å². The Morgan fingerprint density at radius 3 is 2.19 bits per heavy atom. The molecule has 0 aliphatic heterocycles. The van der Waals surface area contributed by atoms with Gasteiger partial charge in [0, 0.05) is 5.92 Å². The summed E-state index contributed by atoms with van der Waals surface area (Å²) in [5.74, 6) is -0.105. The lowest BCUT2D eigenvalue weighted by Gasteiger charge is -2.30. The van der Waals surface area contributed by atoms with Crippen LogP contribution in [0.5, 0.6) is 0 Å². The lowest BCUT2D eigenvalue weighted by molar-refractivity contribution is -0.159. The summed E-state index contributed by atoms with van der Waals surface area (Å²) in [6, 6.07) is 2.30. The summed E-state index contributed by atoms with van der Waals surface area (Å²) in [6.07, 6.45) is 8.49. The minimum Gasteiger partial charge on any atom is -0.463 e. The zero-order chi connectivity index (χ0) is 19.3. The Hall–Kier alpha value is -1.61. The molecule has 3 saturated carbocycles. The first-order valence-electron chi connectivity index (χ1n) is 10.4. The molecule has 0 atom stereocenters. The van der Waals surface area contributed by atoms with Gasteiger partial charge in [-0.15, -0.1) is 0 Å². The zero-order valence-corrected chi connectivity index (χ0v) is 16.3. The molecule has 27 heavy (non-hydrogen) atoms. The van der Waals surface area contributed by atoms with Crippen LogP contribution in [0, 0.1) is 28.6 Å². The first-order valence-corrected chi connectivity index (χ1v) is 10.4. The monoisotopic (exact) mass is 377 g/mol. The van der Waals surface area contributed by atoms with Crippen LogP contribution in [0.2, 0.25) is 0 Å². The van der Waals surface area contributed by atoms with Gasteiger partial charge in [0.25, 0.3) is 0 Å². The van der Waals surface area contributed by atoms with Crippen molar-refractivity contribution in [1.29, 1.82) is 5.26 Å². The maximum absolute atomic E-state index is 12.4. The Bertz CT molecular complexity index is 564. The minimum atomic E-state index is -0.244. The SMILES string of the molecule is CC1(C(=O)OCCOC2CCC(C(=O)OC3CCC(C#N)CC3)CC2)CC1. The molecule has 0 radical (unpaired) electrons. The molecule has 0 saturated heterocycles. The number of carbonyl (C=O) groups is 2. The predicted molar refractivity (Wildman–Crippen MR) is 97.4 cm³/mol. The Morgan fingerprint density at radius 1 is 0.963 bits per heavy atom. The van der Waals surface area contributed by atoms with E-state index in [1.807, 2.05) is 6.92 Å². The molecule has 6 heteroatoms. The molecule has 3 rings (SSSR count). The van der Waals surface area contributed by atoms with Crippen LogP contribution in [0.3, 0.4) is 0 Å².